The van der Waals surface area contributed by atoms with Crippen molar-refractivity contribution >= 4 is 6.09 Å². The van der Waals surface area contributed by atoms with Gasteiger partial charge in [-0.1, -0.05) is 44.4 Å². The van der Waals surface area contributed by atoms with Gasteiger partial charge in [-0.05, 0) is 131 Å². The summed E-state index contributed by atoms with van der Waals surface area (Å²) in [5, 5.41) is 71.2. The van der Waals surface area contributed by atoms with Crippen LogP contribution in [0.2, 0.25) is 0 Å². The Balaban J connectivity index is 0.000000917. The van der Waals surface area contributed by atoms with E-state index in [0.29, 0.717) is 96.2 Å². The zero-order valence-electron chi connectivity index (χ0n) is 44.8. The van der Waals surface area contributed by atoms with Gasteiger partial charge in [0.2, 0.25) is 0 Å². The number of nitrogens with zero attached hydrogens (tertiary/aromatic N) is 14. The van der Waals surface area contributed by atoms with Crippen molar-refractivity contribution in [3.63, 3.8) is 0 Å². The molecule has 3 saturated heterocycles. The molecule has 0 radical (unpaired) electrons. The van der Waals surface area contributed by atoms with Crippen molar-refractivity contribution in [3.05, 3.63) is 39.1 Å². The monoisotopic (exact) mass is 1040 g/mol. The van der Waals surface area contributed by atoms with Gasteiger partial charge in [0, 0.05) is 18.7 Å². The maximum Gasteiger partial charge on any atom is 0.409 e. The molecule has 1 amide bonds. The van der Waals surface area contributed by atoms with Crippen LogP contribution in [-0.2, 0) is 9.57 Å². The number of amides is 1. The molecule has 4 rings (SSSR count). The smallest absolute Gasteiger partial charge is 0.409 e. The summed E-state index contributed by atoms with van der Waals surface area (Å²) in [5.74, 6) is 0.599. The summed E-state index contributed by atoms with van der Waals surface area (Å²) in [6.07, 6.45) is 10.3. The Morgan fingerprint density at radius 3 is 1.78 bits per heavy atom. The van der Waals surface area contributed by atoms with Crippen LogP contribution in [-0.4, -0.2) is 196 Å². The number of aryl methyl sites for hydroxylation is 2. The van der Waals surface area contributed by atoms with Crippen molar-refractivity contribution in [1.82, 2.24) is 46.4 Å². The van der Waals surface area contributed by atoms with E-state index in [4.69, 9.17) is 40.4 Å². The second-order valence-corrected chi connectivity index (χ2v) is 17.2. The third-order valence-corrected chi connectivity index (χ3v) is 11.3. The van der Waals surface area contributed by atoms with Crippen LogP contribution in [0.15, 0.2) is 34.0 Å². The van der Waals surface area contributed by atoms with Crippen molar-refractivity contribution in [1.29, 1.82) is 0 Å². The summed E-state index contributed by atoms with van der Waals surface area (Å²) in [4.78, 5) is 49.0. The Bertz CT molecular complexity index is 1720. The predicted octanol–water partition coefficient (Wildman–Crippen LogP) is 5.72. The van der Waals surface area contributed by atoms with E-state index >= 15 is 0 Å². The van der Waals surface area contributed by atoms with E-state index in [1.54, 1.807) is 26.9 Å². The molecular formula is C43H92N17O12+5. The Morgan fingerprint density at radius 2 is 1.28 bits per heavy atom. The lowest BCUT2D eigenvalue weighted by atomic mass is 10.0. The van der Waals surface area contributed by atoms with Gasteiger partial charge in [-0.25, -0.2) is 25.3 Å². The van der Waals surface area contributed by atoms with E-state index < -0.39 is 0 Å². The number of ether oxygens (including phenoxy) is 1. The van der Waals surface area contributed by atoms with Gasteiger partial charge in [0.1, 0.15) is 0 Å². The summed E-state index contributed by atoms with van der Waals surface area (Å²) in [5.41, 5.74) is 6.61. The van der Waals surface area contributed by atoms with Crippen LogP contribution in [0.4, 0.5) is 4.79 Å². The molecule has 0 spiro atoms. The number of hydrogen-bond acceptors (Lipinski definition) is 10. The lowest BCUT2D eigenvalue weighted by molar-refractivity contribution is -0.946. The standard InChI is InChI=1S/C15H23N4O4.C12H28N4O2.C6H13N3O2.C6H14N3O2.C4H11N3O2/c1-4-22-15(20)17-7-9-18(10-8-17)19(21)16-23-14-6-5-12(2)11-13(14)3;1-3-5-9-13-10-7-8-12-15(11-6-4-2)16(18)14-17;1-6(2)4-3-5-8(6)9(11)7-10;1-2-11-7-9(10)8-5-3-4-6-8;1-3-6(4-2)7(9)5-8/h5-6,11H,4,7-10H2,1-3H3,(H,16,21);13,18H,3-12H2,1-2H3;11H,3-5H2,1-2H3;2-6H2,1H3,(H,7,10);9H,3-4H2,1-2H3/q+1;;;+1;/p+3. The quantitative estimate of drug-likeness (QED) is 0.0245. The Hall–Kier alpha value is -6.39. The van der Waals surface area contributed by atoms with Crippen LogP contribution in [0.5, 0.6) is 5.75 Å². The second-order valence-electron chi connectivity index (χ2n) is 17.2. The number of unbranched alkanes of at least 4 members (excludes halogenated alkanes) is 3. The molecular weight excluding hydrogens is 947 g/mol. The third-order valence-electron chi connectivity index (χ3n) is 11.3. The first-order valence-electron chi connectivity index (χ1n) is 25.2. The summed E-state index contributed by atoms with van der Waals surface area (Å²) < 4.78 is 4.94. The number of nitroso groups, excluding NO2 is 2. The average Bonchev–Trinajstić information content (AvgIpc) is 4.06. The fraction of sp³-hybridized carbons (Fsp3) is 0.837. The highest BCUT2D eigenvalue weighted by molar-refractivity contribution is 5.67. The number of carbonyl (C=O) groups excluding carboxylic acids is 1. The van der Waals surface area contributed by atoms with Crippen LogP contribution in [0.3, 0.4) is 0 Å². The van der Waals surface area contributed by atoms with Crippen molar-refractivity contribution in [3.8, 4) is 5.75 Å². The van der Waals surface area contributed by atoms with Gasteiger partial charge in [0.25, 0.3) is 40.7 Å². The molecule has 0 aromatic heterocycles. The topological polar surface area (TPSA) is 308 Å². The predicted molar refractivity (Wildman–Crippen MR) is 258 cm³/mol. The van der Waals surface area contributed by atoms with Gasteiger partial charge < -0.3 is 35.4 Å². The lowest BCUT2D eigenvalue weighted by Gasteiger charge is -2.28. The number of piperazine rings is 1. The average molecular weight is 1040 g/mol. The molecule has 0 bridgehead atoms. The van der Waals surface area contributed by atoms with Crippen LogP contribution in [0.1, 0.15) is 131 Å². The number of hydrazine groups is 7. The molecule has 3 aliphatic heterocycles. The highest BCUT2D eigenvalue weighted by Crippen LogP contribution is 2.27. The van der Waals surface area contributed by atoms with Crippen LogP contribution in [0, 0.1) is 23.7 Å². The number of benzene rings is 1. The van der Waals surface area contributed by atoms with Crippen molar-refractivity contribution in [2.75, 3.05) is 98.3 Å². The molecule has 416 valence electrons. The summed E-state index contributed by atoms with van der Waals surface area (Å²) in [7, 11) is 0. The fourth-order valence-electron chi connectivity index (χ4n) is 7.06. The SMILES string of the molecule is CC1(C)CCCN1/[N+](O)=N/O.CCCCNCCCCN(CCCC)/[N+](O)=N/O.CCN(CC)/[N+](O)=N/O.CCOC(=O)N1CCN([N+](=O)NOc2ccc(C)cc2C)CC1.CCON[N+](=O)N1CCCC1. The molecule has 3 fully saturated rings. The highest BCUT2D eigenvalue weighted by atomic mass is 16.7. The minimum absolute atomic E-state index is 0.110. The van der Waals surface area contributed by atoms with Gasteiger partial charge in [-0.3, -0.25) is 0 Å². The van der Waals surface area contributed by atoms with E-state index in [1.165, 1.54) is 22.9 Å². The van der Waals surface area contributed by atoms with Gasteiger partial charge in [0.05, 0.1) is 93.1 Å². The molecule has 29 heteroatoms. The summed E-state index contributed by atoms with van der Waals surface area (Å²) in [6, 6.07) is 5.70. The first kappa shape index (κ1) is 65.6. The van der Waals surface area contributed by atoms with Crippen LogP contribution in [0.25, 0.3) is 0 Å². The number of nitrogens with one attached hydrogen (secondary N) is 3. The zero-order chi connectivity index (χ0) is 54.3. The number of rotatable bonds is 25. The Morgan fingerprint density at radius 1 is 0.708 bits per heavy atom. The third kappa shape index (κ3) is 27.3. The van der Waals surface area contributed by atoms with Gasteiger partial charge in [0.15, 0.2) is 5.75 Å². The summed E-state index contributed by atoms with van der Waals surface area (Å²) in [6.45, 7) is 29.1. The van der Waals surface area contributed by atoms with E-state index in [0.717, 1.165) is 95.2 Å². The van der Waals surface area contributed by atoms with E-state index in [9.17, 15) is 19.8 Å². The molecule has 0 saturated carbocycles. The van der Waals surface area contributed by atoms with Crippen molar-refractivity contribution in [2.45, 2.75) is 139 Å². The van der Waals surface area contributed by atoms with Crippen molar-refractivity contribution < 1.29 is 75.3 Å². The first-order valence-corrected chi connectivity index (χ1v) is 25.2. The number of carbonyl (C=O) groups is 1. The molecule has 1 aromatic carbocycles. The Kier molecular flexibility index (Phi) is 35.8. The van der Waals surface area contributed by atoms with Gasteiger partial charge >= 0.3 is 6.09 Å². The first-order chi connectivity index (χ1) is 34.4. The zero-order valence-corrected chi connectivity index (χ0v) is 44.8. The molecule has 3 aliphatic rings. The van der Waals surface area contributed by atoms with Gasteiger partial charge in [-0.2, -0.15) is 0 Å². The Labute approximate surface area is 425 Å². The molecule has 72 heavy (non-hydrogen) atoms. The maximum absolute atomic E-state index is 12.0. The van der Waals surface area contributed by atoms with E-state index in [-0.39, 0.29) is 11.6 Å². The largest absolute Gasteiger partial charge is 0.450 e. The van der Waals surface area contributed by atoms with Crippen LogP contribution >= 0.6 is 0 Å². The minimum Gasteiger partial charge on any atom is -0.450 e. The van der Waals surface area contributed by atoms with Crippen LogP contribution < -0.4 is 21.3 Å². The normalized spacial score (nSPS) is 15.3. The molecule has 9 N–H and O–H groups in total. The molecule has 3 heterocycles. The van der Waals surface area contributed by atoms with E-state index in [2.05, 4.69) is 46.2 Å². The highest BCUT2D eigenvalue weighted by Gasteiger charge is 2.41. The lowest BCUT2D eigenvalue weighted by Crippen LogP contribution is -2.54. The second kappa shape index (κ2) is 39.3. The van der Waals surface area contributed by atoms with Crippen molar-refractivity contribution in [2.24, 2.45) is 15.8 Å². The molecule has 0 aliphatic carbocycles. The van der Waals surface area contributed by atoms with E-state index in [1.807, 2.05) is 66.7 Å². The number of hydrogen-bond donors (Lipinski definition) is 9. The molecule has 0 unspecified atom stereocenters. The minimum atomic E-state index is -0.343. The molecule has 1 aromatic rings. The van der Waals surface area contributed by atoms with Gasteiger partial charge in [-0.15, -0.1) is 25.0 Å². The maximum atomic E-state index is 12.0. The summed E-state index contributed by atoms with van der Waals surface area (Å²) >= 11 is 0. The molecule has 29 nitrogen and oxygen atoms in total. The fourth-order valence-corrected chi connectivity index (χ4v) is 7.06. The molecule has 0 atom stereocenters.